The van der Waals surface area contributed by atoms with Crippen molar-refractivity contribution in [2.75, 3.05) is 39.3 Å². The van der Waals surface area contributed by atoms with Gasteiger partial charge in [0.2, 0.25) is 5.91 Å². The van der Waals surface area contributed by atoms with Crippen molar-refractivity contribution in [1.29, 1.82) is 0 Å². The van der Waals surface area contributed by atoms with Gasteiger partial charge in [-0.25, -0.2) is 0 Å². The minimum atomic E-state index is -0.265. The molecule has 1 aliphatic rings. The van der Waals surface area contributed by atoms with Gasteiger partial charge in [-0.2, -0.15) is 0 Å². The van der Waals surface area contributed by atoms with Gasteiger partial charge in [0.15, 0.2) is 0 Å². The van der Waals surface area contributed by atoms with E-state index < -0.39 is 0 Å². The Kier molecular flexibility index (Phi) is 5.66. The Hall–Kier alpha value is -1.54. The number of carbonyl (C=O) groups is 2. The van der Waals surface area contributed by atoms with Crippen LogP contribution in [-0.4, -0.2) is 60.9 Å². The second kappa shape index (κ2) is 7.02. The third-order valence-corrected chi connectivity index (χ3v) is 2.86. The molecule has 1 fully saturated rings. The first-order valence-corrected chi connectivity index (χ1v) is 6.27. The number of nitrogens with zero attached hydrogens (tertiary/aromatic N) is 2. The highest BCUT2D eigenvalue weighted by Crippen LogP contribution is 2.01. The number of hydrogen-bond donors (Lipinski definition) is 1. The maximum absolute atomic E-state index is 11.6. The number of amides is 2. The maximum Gasteiger partial charge on any atom is 0.298 e. The smallest absolute Gasteiger partial charge is 0.298 e. The van der Waals surface area contributed by atoms with Crippen LogP contribution in [0.1, 0.15) is 13.8 Å². The second-order valence-corrected chi connectivity index (χ2v) is 4.91. The summed E-state index contributed by atoms with van der Waals surface area (Å²) in [5, 5.41) is 2.88. The molecule has 0 atom stereocenters. The normalized spacial score (nSPS) is 16.4. The van der Waals surface area contributed by atoms with Crippen molar-refractivity contribution in [2.45, 2.75) is 13.8 Å². The molecule has 1 N–H and O–H groups in total. The van der Waals surface area contributed by atoms with Gasteiger partial charge in [-0.3, -0.25) is 14.5 Å². The summed E-state index contributed by atoms with van der Waals surface area (Å²) in [6, 6.07) is 0. The molecule has 0 spiro atoms. The number of hydrogen-bond acceptors (Lipinski definition) is 3. The van der Waals surface area contributed by atoms with E-state index in [1.165, 1.54) is 0 Å². The lowest BCUT2D eigenvalue weighted by Crippen LogP contribution is -2.51. The highest BCUT2D eigenvalue weighted by molar-refractivity contribution is 5.92. The summed E-state index contributed by atoms with van der Waals surface area (Å²) in [6.07, 6.45) is 5.07. The maximum atomic E-state index is 11.6. The predicted octanol–water partition coefficient (Wildman–Crippen LogP) is -0.464. The Labute approximate surface area is 109 Å². The molecule has 18 heavy (non-hydrogen) atoms. The molecule has 0 saturated carbocycles. The summed E-state index contributed by atoms with van der Waals surface area (Å²) in [4.78, 5) is 26.6. The van der Waals surface area contributed by atoms with Crippen molar-refractivity contribution in [2.24, 2.45) is 5.92 Å². The number of carbonyl (C=O) groups excluding carboxylic acids is 2. The average molecular weight is 251 g/mol. The molecule has 1 heterocycles. The predicted molar refractivity (Wildman–Crippen MR) is 69.7 cm³/mol. The van der Waals surface area contributed by atoms with E-state index in [0.717, 1.165) is 0 Å². The van der Waals surface area contributed by atoms with Crippen LogP contribution in [0, 0.1) is 18.3 Å². The molecule has 5 heteroatoms. The van der Waals surface area contributed by atoms with Crippen molar-refractivity contribution in [3.63, 3.8) is 0 Å². The van der Waals surface area contributed by atoms with Gasteiger partial charge in [-0.05, 0) is 11.8 Å². The largest absolute Gasteiger partial charge is 0.355 e. The molecule has 0 bridgehead atoms. The van der Waals surface area contributed by atoms with Gasteiger partial charge in [0, 0.05) is 32.7 Å². The molecular formula is C13H21N3O2. The minimum Gasteiger partial charge on any atom is -0.355 e. The third kappa shape index (κ3) is 4.76. The number of rotatable bonds is 4. The Morgan fingerprint density at radius 2 is 1.89 bits per heavy atom. The SMILES string of the molecule is C#CC(=O)N1CCN(CC(=O)NCC(C)C)CC1. The first-order chi connectivity index (χ1) is 8.52. The number of nitrogens with one attached hydrogen (secondary N) is 1. The van der Waals surface area contributed by atoms with Gasteiger partial charge >= 0.3 is 0 Å². The van der Waals surface area contributed by atoms with Crippen molar-refractivity contribution in [3.05, 3.63) is 0 Å². The first kappa shape index (κ1) is 14.5. The van der Waals surface area contributed by atoms with Gasteiger partial charge in [0.1, 0.15) is 0 Å². The molecule has 0 aliphatic carbocycles. The van der Waals surface area contributed by atoms with Crippen LogP contribution < -0.4 is 5.32 Å². The van der Waals surface area contributed by atoms with E-state index in [9.17, 15) is 9.59 Å². The van der Waals surface area contributed by atoms with Gasteiger partial charge < -0.3 is 10.2 Å². The van der Waals surface area contributed by atoms with Crippen LogP contribution in [0.2, 0.25) is 0 Å². The van der Waals surface area contributed by atoms with E-state index >= 15 is 0 Å². The van der Waals surface area contributed by atoms with E-state index in [-0.39, 0.29) is 11.8 Å². The fourth-order valence-electron chi connectivity index (χ4n) is 1.78. The molecule has 0 aromatic rings. The Morgan fingerprint density at radius 3 is 2.39 bits per heavy atom. The number of terminal acetylenes is 1. The van der Waals surface area contributed by atoms with Crippen molar-refractivity contribution >= 4 is 11.8 Å². The van der Waals surface area contributed by atoms with Gasteiger partial charge in [0.25, 0.3) is 5.91 Å². The van der Waals surface area contributed by atoms with Gasteiger partial charge in [-0.1, -0.05) is 13.8 Å². The zero-order valence-corrected chi connectivity index (χ0v) is 11.1. The van der Waals surface area contributed by atoms with E-state index in [1.54, 1.807) is 4.90 Å². The van der Waals surface area contributed by atoms with E-state index in [4.69, 9.17) is 6.42 Å². The Balaban J connectivity index is 2.25. The topological polar surface area (TPSA) is 52.7 Å². The average Bonchev–Trinajstić information content (AvgIpc) is 2.36. The lowest BCUT2D eigenvalue weighted by atomic mass is 10.2. The molecule has 1 saturated heterocycles. The quantitative estimate of drug-likeness (QED) is 0.688. The summed E-state index contributed by atoms with van der Waals surface area (Å²) in [5.74, 6) is 2.35. The Morgan fingerprint density at radius 1 is 1.28 bits per heavy atom. The molecule has 100 valence electrons. The van der Waals surface area contributed by atoms with Crippen molar-refractivity contribution < 1.29 is 9.59 Å². The highest BCUT2D eigenvalue weighted by Gasteiger charge is 2.21. The zero-order valence-electron chi connectivity index (χ0n) is 11.1. The summed E-state index contributed by atoms with van der Waals surface area (Å²) in [7, 11) is 0. The lowest BCUT2D eigenvalue weighted by molar-refractivity contribution is -0.127. The second-order valence-electron chi connectivity index (χ2n) is 4.91. The van der Waals surface area contributed by atoms with Crippen LogP contribution in [0.25, 0.3) is 0 Å². The molecule has 0 aromatic heterocycles. The molecule has 5 nitrogen and oxygen atoms in total. The standard InChI is InChI=1S/C13H21N3O2/c1-4-13(18)16-7-5-15(6-8-16)10-12(17)14-9-11(2)3/h1,11H,5-10H2,2-3H3,(H,14,17). The third-order valence-electron chi connectivity index (χ3n) is 2.86. The summed E-state index contributed by atoms with van der Waals surface area (Å²) in [6.45, 7) is 7.81. The summed E-state index contributed by atoms with van der Waals surface area (Å²) < 4.78 is 0. The van der Waals surface area contributed by atoms with E-state index in [1.807, 2.05) is 4.90 Å². The van der Waals surface area contributed by atoms with Crippen LogP contribution in [0.15, 0.2) is 0 Å². The van der Waals surface area contributed by atoms with Crippen LogP contribution >= 0.6 is 0 Å². The molecule has 2 amide bonds. The zero-order chi connectivity index (χ0) is 13.5. The Bertz CT molecular complexity index is 339. The molecule has 0 unspecified atom stereocenters. The fourth-order valence-corrected chi connectivity index (χ4v) is 1.78. The van der Waals surface area contributed by atoms with Crippen molar-refractivity contribution in [3.8, 4) is 12.3 Å². The summed E-state index contributed by atoms with van der Waals surface area (Å²) in [5.41, 5.74) is 0. The highest BCUT2D eigenvalue weighted by atomic mass is 16.2. The van der Waals surface area contributed by atoms with Gasteiger partial charge in [-0.15, -0.1) is 6.42 Å². The molecular weight excluding hydrogens is 230 g/mol. The van der Waals surface area contributed by atoms with Crippen LogP contribution in [0.3, 0.4) is 0 Å². The fraction of sp³-hybridized carbons (Fsp3) is 0.692. The monoisotopic (exact) mass is 251 g/mol. The number of piperazine rings is 1. The van der Waals surface area contributed by atoms with Crippen molar-refractivity contribution in [1.82, 2.24) is 15.1 Å². The molecule has 0 radical (unpaired) electrons. The summed E-state index contributed by atoms with van der Waals surface area (Å²) >= 11 is 0. The van der Waals surface area contributed by atoms with Crippen LogP contribution in [0.4, 0.5) is 0 Å². The molecule has 1 rings (SSSR count). The molecule has 1 aliphatic heterocycles. The van der Waals surface area contributed by atoms with Gasteiger partial charge in [0.05, 0.1) is 6.54 Å². The minimum absolute atomic E-state index is 0.0421. The van der Waals surface area contributed by atoms with E-state index in [0.29, 0.717) is 45.2 Å². The molecule has 0 aromatic carbocycles. The van der Waals surface area contributed by atoms with Crippen LogP contribution in [-0.2, 0) is 9.59 Å². The first-order valence-electron chi connectivity index (χ1n) is 6.27. The lowest BCUT2D eigenvalue weighted by Gasteiger charge is -2.33. The van der Waals surface area contributed by atoms with E-state index in [2.05, 4.69) is 25.1 Å². The van der Waals surface area contributed by atoms with Crippen LogP contribution in [0.5, 0.6) is 0 Å².